The SMILES string of the molecule is [2H]c1cc2c3c(cc4c([2H])cc5c6c(cc1c3c46)B1c3ccccc3-c3cc(Br)cc-5c31)B1c3ccccc3-c3cc(Br)cc-2c31. The van der Waals surface area contributed by atoms with Gasteiger partial charge >= 0.3 is 0 Å². The number of rotatable bonds is 0. The molecule has 0 unspecified atom stereocenters. The fourth-order valence-electron chi connectivity index (χ4n) is 9.50. The molecule has 12 rings (SSSR count). The maximum absolute atomic E-state index is 9.57. The first-order chi connectivity index (χ1) is 22.5. The zero-order chi connectivity index (χ0) is 30.3. The van der Waals surface area contributed by atoms with Gasteiger partial charge in [0.15, 0.2) is 0 Å². The molecule has 8 aromatic carbocycles. The first-order valence-electron chi connectivity index (χ1n) is 16.1. The molecule has 4 heteroatoms. The molecule has 0 spiro atoms. The Morgan fingerprint density at radius 2 is 0.818 bits per heavy atom. The predicted octanol–water partition coefficient (Wildman–Crippen LogP) is 7.06. The van der Waals surface area contributed by atoms with Crippen molar-refractivity contribution in [1.29, 1.82) is 0 Å². The lowest BCUT2D eigenvalue weighted by Gasteiger charge is -2.31. The van der Waals surface area contributed by atoms with Crippen molar-refractivity contribution in [3.63, 3.8) is 0 Å². The summed E-state index contributed by atoms with van der Waals surface area (Å²) in [5, 5.41) is 6.75. The highest BCUT2D eigenvalue weighted by molar-refractivity contribution is 9.10. The first-order valence-corrected chi connectivity index (χ1v) is 16.7. The van der Waals surface area contributed by atoms with Crippen molar-refractivity contribution in [3.8, 4) is 44.5 Å². The van der Waals surface area contributed by atoms with E-state index in [0.717, 1.165) is 41.6 Å². The first kappa shape index (κ1) is 21.6. The molecule has 4 aliphatic heterocycles. The minimum atomic E-state index is 0.0948. The van der Waals surface area contributed by atoms with Crippen LogP contribution in [0.25, 0.3) is 76.8 Å². The molecule has 0 radical (unpaired) electrons. The van der Waals surface area contributed by atoms with Crippen LogP contribution in [0.1, 0.15) is 2.74 Å². The van der Waals surface area contributed by atoms with Crippen molar-refractivity contribution in [2.45, 2.75) is 0 Å². The molecule has 44 heavy (non-hydrogen) atoms. The summed E-state index contributed by atoms with van der Waals surface area (Å²) in [6.07, 6.45) is 0. The van der Waals surface area contributed by atoms with Crippen molar-refractivity contribution in [2.75, 3.05) is 0 Å². The average Bonchev–Trinajstić information content (AvgIpc) is 3.57. The Labute approximate surface area is 274 Å². The molecule has 198 valence electrons. The van der Waals surface area contributed by atoms with Crippen LogP contribution in [-0.4, -0.2) is 13.4 Å². The van der Waals surface area contributed by atoms with Gasteiger partial charge in [0.1, 0.15) is 0 Å². The molecule has 0 bridgehead atoms. The number of hydrogen-bond acceptors (Lipinski definition) is 0. The Hall–Kier alpha value is -4.11. The molecule has 0 aliphatic carbocycles. The highest BCUT2D eigenvalue weighted by Crippen LogP contribution is 2.47. The van der Waals surface area contributed by atoms with Gasteiger partial charge in [-0.2, -0.15) is 0 Å². The summed E-state index contributed by atoms with van der Waals surface area (Å²) < 4.78 is 21.3. The average molecular weight is 682 g/mol. The van der Waals surface area contributed by atoms with E-state index in [9.17, 15) is 2.74 Å². The topological polar surface area (TPSA) is 0 Å². The molecule has 8 aromatic rings. The van der Waals surface area contributed by atoms with Crippen LogP contribution in [-0.2, 0) is 0 Å². The maximum atomic E-state index is 9.57. The minimum absolute atomic E-state index is 0.0948. The van der Waals surface area contributed by atoms with E-state index in [1.807, 2.05) is 0 Å². The molecule has 4 heterocycles. The molecule has 0 saturated heterocycles. The van der Waals surface area contributed by atoms with Gasteiger partial charge in [-0.05, 0) is 101 Å². The standard InChI is InChI=1S/C40H18B2Br2/c43-21-15-27-23-5-1-3-7-31(23)41-33-13-19-10-12-26-30-18-22(44)16-28-24-6-2-4-8-32(24)42(40(28)30)34-14-20-9-11-25(29(17-21)39(27)41)37(33)35(20)36(19)38(26)34/h1-18H/i9D,10D. The summed E-state index contributed by atoms with van der Waals surface area (Å²) in [7, 11) is 0. The van der Waals surface area contributed by atoms with Gasteiger partial charge < -0.3 is 0 Å². The van der Waals surface area contributed by atoms with E-state index >= 15 is 0 Å². The van der Waals surface area contributed by atoms with Crippen LogP contribution in [0.3, 0.4) is 0 Å². The second-order valence-corrected chi connectivity index (χ2v) is 14.6. The van der Waals surface area contributed by atoms with E-state index in [1.54, 1.807) is 0 Å². The van der Waals surface area contributed by atoms with Gasteiger partial charge in [0.05, 0.1) is 2.74 Å². The van der Waals surface area contributed by atoms with Crippen molar-refractivity contribution < 1.29 is 2.74 Å². The molecule has 0 amide bonds. The van der Waals surface area contributed by atoms with Gasteiger partial charge in [-0.25, -0.2) is 0 Å². The molecule has 0 atom stereocenters. The van der Waals surface area contributed by atoms with Crippen LogP contribution < -0.4 is 32.8 Å². The summed E-state index contributed by atoms with van der Waals surface area (Å²) in [6, 6.07) is 36.6. The van der Waals surface area contributed by atoms with E-state index in [4.69, 9.17) is 0 Å². The van der Waals surface area contributed by atoms with Gasteiger partial charge in [0.2, 0.25) is 13.4 Å². The molecule has 0 saturated carbocycles. The Morgan fingerprint density at radius 1 is 0.409 bits per heavy atom. The van der Waals surface area contributed by atoms with Gasteiger partial charge in [0.25, 0.3) is 0 Å². The molecular formula is C40H18B2Br2. The molecule has 4 aliphatic rings. The monoisotopic (exact) mass is 680 g/mol. The largest absolute Gasteiger partial charge is 0.244 e. The Morgan fingerprint density at radius 3 is 1.27 bits per heavy atom. The van der Waals surface area contributed by atoms with E-state index in [-0.39, 0.29) is 13.4 Å². The van der Waals surface area contributed by atoms with Crippen molar-refractivity contribution in [3.05, 3.63) is 118 Å². The van der Waals surface area contributed by atoms with Crippen LogP contribution in [0.4, 0.5) is 0 Å². The molecule has 0 N–H and O–H groups in total. The number of fused-ring (bicyclic) bond motifs is 10. The number of hydrogen-bond donors (Lipinski definition) is 0. The van der Waals surface area contributed by atoms with E-state index in [2.05, 4.69) is 129 Å². The maximum Gasteiger partial charge on any atom is 0.244 e. The summed E-state index contributed by atoms with van der Waals surface area (Å²) >= 11 is 7.70. The van der Waals surface area contributed by atoms with Crippen LogP contribution in [0.2, 0.25) is 0 Å². The third-order valence-corrected chi connectivity index (χ3v) is 11.9. The summed E-state index contributed by atoms with van der Waals surface area (Å²) in [5.74, 6) is 0. The second-order valence-electron chi connectivity index (χ2n) is 12.8. The lowest BCUT2D eigenvalue weighted by molar-refractivity contribution is 1.64. The lowest BCUT2D eigenvalue weighted by Crippen LogP contribution is -2.52. The highest BCUT2D eigenvalue weighted by atomic mass is 79.9. The Balaban J connectivity index is 1.32. The van der Waals surface area contributed by atoms with Gasteiger partial charge in [0, 0.05) is 8.95 Å². The smallest absolute Gasteiger partial charge is 0.0664 e. The zero-order valence-electron chi connectivity index (χ0n) is 25.1. The van der Waals surface area contributed by atoms with Gasteiger partial charge in [-0.3, -0.25) is 0 Å². The Bertz CT molecular complexity index is 2630. The van der Waals surface area contributed by atoms with Gasteiger partial charge in [-0.1, -0.05) is 150 Å². The predicted molar refractivity (Wildman–Crippen MR) is 197 cm³/mol. The summed E-state index contributed by atoms with van der Waals surface area (Å²) in [6.45, 7) is 0.190. The van der Waals surface area contributed by atoms with E-state index < -0.39 is 0 Å². The van der Waals surface area contributed by atoms with Crippen LogP contribution >= 0.6 is 31.9 Å². The highest BCUT2D eigenvalue weighted by Gasteiger charge is 2.43. The Kier molecular flexibility index (Phi) is 3.71. The molecular weight excluding hydrogens is 662 g/mol. The van der Waals surface area contributed by atoms with E-state index in [1.165, 1.54) is 76.9 Å². The van der Waals surface area contributed by atoms with Crippen molar-refractivity contribution >= 4 is 110 Å². The van der Waals surface area contributed by atoms with Crippen LogP contribution in [0, 0.1) is 0 Å². The fraction of sp³-hybridized carbons (Fsp3) is 0. The second kappa shape index (κ2) is 7.57. The third-order valence-electron chi connectivity index (χ3n) is 10.9. The normalized spacial score (nSPS) is 14.7. The fourth-order valence-corrected chi connectivity index (χ4v) is 10.4. The van der Waals surface area contributed by atoms with Crippen molar-refractivity contribution in [2.24, 2.45) is 0 Å². The minimum Gasteiger partial charge on any atom is -0.0664 e. The van der Waals surface area contributed by atoms with E-state index in [0.29, 0.717) is 12.1 Å². The summed E-state index contributed by atoms with van der Waals surface area (Å²) in [5.41, 5.74) is 17.6. The van der Waals surface area contributed by atoms with Crippen molar-refractivity contribution in [1.82, 2.24) is 0 Å². The van der Waals surface area contributed by atoms with Crippen LogP contribution in [0.15, 0.2) is 118 Å². The lowest BCUT2D eigenvalue weighted by atomic mass is 9.34. The molecule has 0 aromatic heterocycles. The zero-order valence-corrected chi connectivity index (χ0v) is 26.3. The number of benzene rings is 8. The molecule has 0 fully saturated rings. The quantitative estimate of drug-likeness (QED) is 0.119. The summed E-state index contributed by atoms with van der Waals surface area (Å²) in [4.78, 5) is 0. The van der Waals surface area contributed by atoms with Gasteiger partial charge in [-0.15, -0.1) is 0 Å². The van der Waals surface area contributed by atoms with Crippen LogP contribution in [0.5, 0.6) is 0 Å². The number of halogens is 2. The third kappa shape index (κ3) is 2.49. The molecule has 0 nitrogen and oxygen atoms in total.